The lowest BCUT2D eigenvalue weighted by Crippen LogP contribution is -2.00. The third-order valence-corrected chi connectivity index (χ3v) is 2.68. The highest BCUT2D eigenvalue weighted by atomic mass is 16.1. The minimum atomic E-state index is 0.176. The van der Waals surface area contributed by atoms with Crippen molar-refractivity contribution in [3.8, 4) is 11.8 Å². The van der Waals surface area contributed by atoms with Crippen molar-refractivity contribution in [1.29, 1.82) is 0 Å². The summed E-state index contributed by atoms with van der Waals surface area (Å²) in [6.45, 7) is 1.75. The highest BCUT2D eigenvalue weighted by molar-refractivity contribution is 5.86. The molecule has 0 aliphatic rings. The molecule has 0 aromatic heterocycles. The Morgan fingerprint density at radius 3 is 2.65 bits per heavy atom. The van der Waals surface area contributed by atoms with Crippen molar-refractivity contribution in [2.24, 2.45) is 0 Å². The minimum absolute atomic E-state index is 0.176. The minimum Gasteiger partial charge on any atom is -0.298 e. The second-order valence-electron chi connectivity index (χ2n) is 4.00. The van der Waals surface area contributed by atoms with Gasteiger partial charge in [-0.25, -0.2) is 0 Å². The van der Waals surface area contributed by atoms with Gasteiger partial charge in [0.2, 0.25) is 0 Å². The van der Waals surface area contributed by atoms with Crippen LogP contribution in [0.1, 0.15) is 18.9 Å². The monoisotopic (exact) mass is 222 g/mol. The molecule has 0 N–H and O–H groups in total. The molecule has 2 aromatic rings. The van der Waals surface area contributed by atoms with E-state index in [2.05, 4.69) is 36.1 Å². The Bertz CT molecular complexity index is 599. The normalized spacial score (nSPS) is 9.71. The van der Waals surface area contributed by atoms with Gasteiger partial charge >= 0.3 is 0 Å². The maximum absolute atomic E-state index is 11.6. The summed E-state index contributed by atoms with van der Waals surface area (Å²) in [6, 6.07) is 14.3. The van der Waals surface area contributed by atoms with Crippen LogP contribution in [0.15, 0.2) is 42.5 Å². The van der Waals surface area contributed by atoms with E-state index in [1.54, 1.807) is 6.92 Å². The van der Waals surface area contributed by atoms with Gasteiger partial charge in [-0.05, 0) is 23.3 Å². The largest absolute Gasteiger partial charge is 0.298 e. The van der Waals surface area contributed by atoms with Crippen molar-refractivity contribution < 1.29 is 4.79 Å². The Hall–Kier alpha value is -2.07. The first kappa shape index (κ1) is 11.4. The molecule has 0 saturated heterocycles. The predicted molar refractivity (Wildman–Crippen MR) is 70.7 cm³/mol. The number of carbonyl (C=O) groups is 1. The van der Waals surface area contributed by atoms with E-state index in [-0.39, 0.29) is 5.78 Å². The zero-order chi connectivity index (χ0) is 12.1. The van der Waals surface area contributed by atoms with Crippen LogP contribution in [0.4, 0.5) is 0 Å². The number of benzene rings is 2. The van der Waals surface area contributed by atoms with Gasteiger partial charge in [-0.3, -0.25) is 4.79 Å². The molecule has 0 radical (unpaired) electrons. The smallest absolute Gasteiger partial charge is 0.149 e. The zero-order valence-electron chi connectivity index (χ0n) is 9.86. The van der Waals surface area contributed by atoms with Crippen LogP contribution < -0.4 is 0 Å². The first-order valence-electron chi connectivity index (χ1n) is 5.68. The van der Waals surface area contributed by atoms with E-state index in [0.717, 1.165) is 5.56 Å². The van der Waals surface area contributed by atoms with Crippen molar-refractivity contribution in [2.45, 2.75) is 19.8 Å². The molecule has 0 aliphatic heterocycles. The van der Waals surface area contributed by atoms with Crippen LogP contribution in [0.25, 0.3) is 10.8 Å². The number of ketones is 1. The average molecular weight is 222 g/mol. The van der Waals surface area contributed by atoms with Crippen molar-refractivity contribution in [1.82, 2.24) is 0 Å². The maximum Gasteiger partial charge on any atom is 0.149 e. The molecule has 1 nitrogen and oxygen atoms in total. The van der Waals surface area contributed by atoms with Crippen molar-refractivity contribution in [3.05, 3.63) is 48.0 Å². The van der Waals surface area contributed by atoms with E-state index >= 15 is 0 Å². The van der Waals surface area contributed by atoms with E-state index < -0.39 is 0 Å². The summed E-state index contributed by atoms with van der Waals surface area (Å²) in [5.41, 5.74) is 1.06. The molecule has 0 fully saturated rings. The Morgan fingerprint density at radius 1 is 1.12 bits per heavy atom. The summed E-state index contributed by atoms with van der Waals surface area (Å²) in [7, 11) is 0. The lowest BCUT2D eigenvalue weighted by Gasteiger charge is -2.02. The molecular formula is C16H14O. The van der Waals surface area contributed by atoms with Crippen LogP contribution in [-0.4, -0.2) is 5.78 Å². The number of rotatable bonds is 3. The van der Waals surface area contributed by atoms with Crippen LogP contribution in [0, 0.1) is 11.8 Å². The lowest BCUT2D eigenvalue weighted by atomic mass is 10.0. The molecule has 0 atom stereocenters. The van der Waals surface area contributed by atoms with E-state index in [1.165, 1.54) is 10.8 Å². The summed E-state index contributed by atoms with van der Waals surface area (Å²) in [5, 5.41) is 2.39. The molecule has 0 aliphatic carbocycles. The van der Waals surface area contributed by atoms with Gasteiger partial charge in [0.15, 0.2) is 0 Å². The summed E-state index contributed by atoms with van der Waals surface area (Å²) >= 11 is 0. The van der Waals surface area contributed by atoms with Crippen LogP contribution in [-0.2, 0) is 11.2 Å². The quantitative estimate of drug-likeness (QED) is 0.728. The number of carbonyl (C=O) groups excluding carboxylic acids is 1. The first-order chi connectivity index (χ1) is 8.29. The molecule has 0 bridgehead atoms. The Morgan fingerprint density at radius 2 is 1.88 bits per heavy atom. The van der Waals surface area contributed by atoms with E-state index in [1.807, 2.05) is 18.2 Å². The van der Waals surface area contributed by atoms with Gasteiger partial charge in [-0.1, -0.05) is 48.4 Å². The van der Waals surface area contributed by atoms with Gasteiger partial charge in [0.25, 0.3) is 0 Å². The fourth-order valence-corrected chi connectivity index (χ4v) is 1.83. The molecule has 0 spiro atoms. The predicted octanol–water partition coefficient (Wildman–Crippen LogP) is 3.36. The highest BCUT2D eigenvalue weighted by Gasteiger charge is 2.02. The molecule has 1 heteroatoms. The van der Waals surface area contributed by atoms with Crippen molar-refractivity contribution in [2.75, 3.05) is 0 Å². The lowest BCUT2D eigenvalue weighted by molar-refractivity contribution is -0.117. The number of hydrogen-bond acceptors (Lipinski definition) is 1. The summed E-state index contributed by atoms with van der Waals surface area (Å²) in [6.07, 6.45) is 0.822. The second-order valence-corrected chi connectivity index (χ2v) is 4.00. The van der Waals surface area contributed by atoms with Gasteiger partial charge in [0.1, 0.15) is 5.78 Å². The fourth-order valence-electron chi connectivity index (χ4n) is 1.83. The summed E-state index contributed by atoms with van der Waals surface area (Å²) in [4.78, 5) is 11.6. The standard InChI is InChI=1S/C16H14O/c1-2-3-8-16(17)12-13-9-10-14-6-4-5-7-15(14)11-13/h4-7,9-11H,8,12H2,1H3. The molecule has 17 heavy (non-hydrogen) atoms. The Labute approximate surface area is 101 Å². The second kappa shape index (κ2) is 5.32. The third-order valence-electron chi connectivity index (χ3n) is 2.68. The fraction of sp³-hybridized carbons (Fsp3) is 0.188. The molecule has 2 aromatic carbocycles. The van der Waals surface area contributed by atoms with Crippen LogP contribution >= 0.6 is 0 Å². The highest BCUT2D eigenvalue weighted by Crippen LogP contribution is 2.16. The third kappa shape index (κ3) is 2.95. The van der Waals surface area contributed by atoms with Crippen LogP contribution in [0.2, 0.25) is 0 Å². The molecule has 0 amide bonds. The molecule has 0 unspecified atom stereocenters. The molecule has 2 rings (SSSR count). The topological polar surface area (TPSA) is 17.1 Å². The van der Waals surface area contributed by atoms with Gasteiger partial charge in [-0.2, -0.15) is 0 Å². The van der Waals surface area contributed by atoms with Crippen molar-refractivity contribution >= 4 is 16.6 Å². The van der Waals surface area contributed by atoms with Gasteiger partial charge in [-0.15, -0.1) is 5.92 Å². The summed E-state index contributed by atoms with van der Waals surface area (Å²) in [5.74, 6) is 5.72. The van der Waals surface area contributed by atoms with E-state index in [9.17, 15) is 4.79 Å². The summed E-state index contributed by atoms with van der Waals surface area (Å²) < 4.78 is 0. The molecular weight excluding hydrogens is 208 g/mol. The van der Waals surface area contributed by atoms with Crippen LogP contribution in [0.5, 0.6) is 0 Å². The number of hydrogen-bond donors (Lipinski definition) is 0. The van der Waals surface area contributed by atoms with Gasteiger partial charge < -0.3 is 0 Å². The Kier molecular flexibility index (Phi) is 3.57. The molecule has 84 valence electrons. The van der Waals surface area contributed by atoms with Crippen molar-refractivity contribution in [3.63, 3.8) is 0 Å². The maximum atomic E-state index is 11.6. The van der Waals surface area contributed by atoms with Gasteiger partial charge in [0.05, 0.1) is 6.42 Å². The SMILES string of the molecule is CC#CCC(=O)Cc1ccc2ccccc2c1. The van der Waals surface area contributed by atoms with Gasteiger partial charge in [0, 0.05) is 6.42 Å². The van der Waals surface area contributed by atoms with E-state index in [4.69, 9.17) is 0 Å². The van der Waals surface area contributed by atoms with Crippen LogP contribution in [0.3, 0.4) is 0 Å². The molecule has 0 saturated carbocycles. The number of Topliss-reactive ketones (excluding diaryl/α,β-unsaturated/α-hetero) is 1. The molecule has 0 heterocycles. The van der Waals surface area contributed by atoms with E-state index in [0.29, 0.717) is 12.8 Å². The number of fused-ring (bicyclic) bond motifs is 1. The average Bonchev–Trinajstić information content (AvgIpc) is 2.36. The zero-order valence-corrected chi connectivity index (χ0v) is 9.86. The Balaban J connectivity index is 2.18. The first-order valence-corrected chi connectivity index (χ1v) is 5.68.